The lowest BCUT2D eigenvalue weighted by atomic mass is 10.0. The molecule has 2 fully saturated rings. The molecular weight excluding hydrogens is 326 g/mol. The highest BCUT2D eigenvalue weighted by Gasteiger charge is 2.35. The van der Waals surface area contributed by atoms with Crippen LogP contribution in [0.3, 0.4) is 0 Å². The Balaban J connectivity index is 1.56. The molecule has 0 aromatic carbocycles. The van der Waals surface area contributed by atoms with Crippen molar-refractivity contribution in [2.75, 3.05) is 32.7 Å². The van der Waals surface area contributed by atoms with Crippen molar-refractivity contribution in [3.8, 4) is 0 Å². The molecule has 1 aliphatic carbocycles. The second-order valence-corrected chi connectivity index (χ2v) is 9.26. The van der Waals surface area contributed by atoms with Crippen molar-refractivity contribution in [3.63, 3.8) is 0 Å². The number of hydrogen-bond donors (Lipinski definition) is 2. The minimum Gasteiger partial charge on any atom is -0.341 e. The zero-order chi connectivity index (χ0) is 17.0. The van der Waals surface area contributed by atoms with Crippen molar-refractivity contribution in [2.45, 2.75) is 50.2 Å². The number of carbonyl (C=O) groups excluding carboxylic acids is 1. The van der Waals surface area contributed by atoms with Gasteiger partial charge in [0.2, 0.25) is 15.9 Å². The van der Waals surface area contributed by atoms with Gasteiger partial charge in [0.15, 0.2) is 0 Å². The van der Waals surface area contributed by atoms with Crippen LogP contribution in [0.2, 0.25) is 0 Å². The quantitative estimate of drug-likeness (QED) is 0.722. The third-order valence-corrected chi connectivity index (χ3v) is 7.30. The van der Waals surface area contributed by atoms with Crippen molar-refractivity contribution in [3.05, 3.63) is 11.6 Å². The summed E-state index contributed by atoms with van der Waals surface area (Å²) < 4.78 is 28.0. The van der Waals surface area contributed by atoms with Gasteiger partial charge in [0.05, 0.1) is 5.25 Å². The maximum absolute atomic E-state index is 12.6. The normalized spacial score (nSPS) is 26.4. The first-order valence-electron chi connectivity index (χ1n) is 9.22. The Bertz CT molecular complexity index is 582. The molecule has 0 bridgehead atoms. The minimum atomic E-state index is -3.38. The van der Waals surface area contributed by atoms with E-state index < -0.39 is 15.3 Å². The summed E-state index contributed by atoms with van der Waals surface area (Å²) in [6.07, 6.45) is 8.54. The first kappa shape index (κ1) is 17.9. The third kappa shape index (κ3) is 4.37. The monoisotopic (exact) mass is 355 g/mol. The van der Waals surface area contributed by atoms with Gasteiger partial charge in [-0.15, -0.1) is 0 Å². The Morgan fingerprint density at radius 3 is 2.75 bits per heavy atom. The molecule has 0 radical (unpaired) electrons. The van der Waals surface area contributed by atoms with Crippen LogP contribution >= 0.6 is 0 Å². The van der Waals surface area contributed by atoms with Crippen LogP contribution in [0.4, 0.5) is 0 Å². The lowest BCUT2D eigenvalue weighted by molar-refractivity contribution is -0.136. The van der Waals surface area contributed by atoms with Gasteiger partial charge in [0, 0.05) is 32.1 Å². The number of sulfonamides is 1. The maximum Gasteiger partial charge on any atom is 0.225 e. The van der Waals surface area contributed by atoms with Crippen molar-refractivity contribution in [1.82, 2.24) is 14.9 Å². The molecule has 1 amide bonds. The summed E-state index contributed by atoms with van der Waals surface area (Å²) in [6, 6.07) is 0. The zero-order valence-electron chi connectivity index (χ0n) is 14.3. The summed E-state index contributed by atoms with van der Waals surface area (Å²) in [5, 5.41) is 2.75. The predicted octanol–water partition coefficient (Wildman–Crippen LogP) is 1.01. The average Bonchev–Trinajstić information content (AvgIpc) is 3.15. The highest BCUT2D eigenvalue weighted by atomic mass is 32.2. The summed E-state index contributed by atoms with van der Waals surface area (Å²) in [5.74, 6) is 0.299. The lowest BCUT2D eigenvalue weighted by Gasteiger charge is -2.34. The van der Waals surface area contributed by atoms with E-state index in [2.05, 4.69) is 16.1 Å². The van der Waals surface area contributed by atoms with Gasteiger partial charge in [0.1, 0.15) is 0 Å². The summed E-state index contributed by atoms with van der Waals surface area (Å²) in [5.41, 5.74) is 1.15. The highest BCUT2D eigenvalue weighted by molar-refractivity contribution is 7.90. The fourth-order valence-corrected chi connectivity index (χ4v) is 5.44. The maximum atomic E-state index is 12.6. The number of carbonyl (C=O) groups is 1. The van der Waals surface area contributed by atoms with Crippen LogP contribution < -0.4 is 10.0 Å². The Hall–Kier alpha value is -0.920. The molecule has 3 rings (SSSR count). The lowest BCUT2D eigenvalue weighted by Crippen LogP contribution is -2.50. The summed E-state index contributed by atoms with van der Waals surface area (Å²) >= 11 is 0. The van der Waals surface area contributed by atoms with Gasteiger partial charge in [-0.25, -0.2) is 13.1 Å². The van der Waals surface area contributed by atoms with Gasteiger partial charge in [-0.2, -0.15) is 0 Å². The number of piperidine rings is 1. The van der Waals surface area contributed by atoms with Gasteiger partial charge >= 0.3 is 0 Å². The number of nitrogens with one attached hydrogen (secondary N) is 2. The van der Waals surface area contributed by atoms with E-state index >= 15 is 0 Å². The fraction of sp³-hybridized carbons (Fsp3) is 0.824. The van der Waals surface area contributed by atoms with Crippen molar-refractivity contribution in [1.29, 1.82) is 0 Å². The first-order valence-corrected chi connectivity index (χ1v) is 10.8. The van der Waals surface area contributed by atoms with Crippen LogP contribution in [-0.2, 0) is 14.8 Å². The Kier molecular flexibility index (Phi) is 5.94. The molecule has 2 aliphatic heterocycles. The molecule has 2 heterocycles. The van der Waals surface area contributed by atoms with Crippen LogP contribution in [0.15, 0.2) is 11.6 Å². The topological polar surface area (TPSA) is 78.5 Å². The molecule has 1 saturated heterocycles. The highest BCUT2D eigenvalue weighted by Crippen LogP contribution is 2.28. The number of rotatable bonds is 5. The Morgan fingerprint density at radius 2 is 2.04 bits per heavy atom. The van der Waals surface area contributed by atoms with E-state index in [0.29, 0.717) is 26.1 Å². The van der Waals surface area contributed by atoms with E-state index in [4.69, 9.17) is 0 Å². The molecule has 1 unspecified atom stereocenters. The molecular formula is C17H29N3O3S. The van der Waals surface area contributed by atoms with Gasteiger partial charge < -0.3 is 10.2 Å². The van der Waals surface area contributed by atoms with Crippen molar-refractivity contribution in [2.24, 2.45) is 5.92 Å². The van der Waals surface area contributed by atoms with Gasteiger partial charge in [-0.3, -0.25) is 4.79 Å². The van der Waals surface area contributed by atoms with E-state index in [0.717, 1.165) is 57.2 Å². The Morgan fingerprint density at radius 1 is 1.25 bits per heavy atom. The molecule has 6 nitrogen and oxygen atoms in total. The molecule has 1 saturated carbocycles. The van der Waals surface area contributed by atoms with Crippen LogP contribution in [0, 0.1) is 5.92 Å². The first-order chi connectivity index (χ1) is 11.6. The number of amides is 1. The van der Waals surface area contributed by atoms with Crippen LogP contribution in [-0.4, -0.2) is 57.2 Å². The van der Waals surface area contributed by atoms with E-state index in [9.17, 15) is 13.2 Å². The molecule has 24 heavy (non-hydrogen) atoms. The molecule has 7 heteroatoms. The summed E-state index contributed by atoms with van der Waals surface area (Å²) in [4.78, 5) is 14.4. The van der Waals surface area contributed by atoms with Crippen LogP contribution in [0.5, 0.6) is 0 Å². The second-order valence-electron chi connectivity index (χ2n) is 7.21. The molecule has 136 valence electrons. The van der Waals surface area contributed by atoms with Crippen molar-refractivity contribution < 1.29 is 13.2 Å². The molecule has 0 aromatic heterocycles. The van der Waals surface area contributed by atoms with Crippen molar-refractivity contribution >= 4 is 15.9 Å². The number of likely N-dealkylation sites (tertiary alicyclic amines) is 1. The summed E-state index contributed by atoms with van der Waals surface area (Å²) in [6.45, 7) is 3.17. The molecule has 3 aliphatic rings. The summed E-state index contributed by atoms with van der Waals surface area (Å²) in [7, 11) is -3.38. The van der Waals surface area contributed by atoms with Gasteiger partial charge in [-0.05, 0) is 38.6 Å². The standard InChI is InChI=1S/C17H29N3O3S/c21-17(15-4-1-2-5-15)20-11-3-6-16(13-20)24(22,23)19-12-14-7-9-18-10-8-14/h7,15-16,18-19H,1-6,8-13H2. The number of nitrogens with zero attached hydrogens (tertiary/aromatic N) is 1. The SMILES string of the molecule is O=C(C1CCCC1)N1CCCC(S(=O)(=O)NCC2=CCNCC2)C1. The third-order valence-electron chi connectivity index (χ3n) is 5.49. The fourth-order valence-electron chi connectivity index (χ4n) is 3.96. The largest absolute Gasteiger partial charge is 0.341 e. The Labute approximate surface area is 145 Å². The molecule has 2 N–H and O–H groups in total. The number of hydrogen-bond acceptors (Lipinski definition) is 4. The van der Waals surface area contributed by atoms with Crippen LogP contribution in [0.25, 0.3) is 0 Å². The predicted molar refractivity (Wildman–Crippen MR) is 94.1 cm³/mol. The molecule has 0 spiro atoms. The minimum absolute atomic E-state index is 0.124. The average molecular weight is 356 g/mol. The van der Waals surface area contributed by atoms with Crippen LogP contribution in [0.1, 0.15) is 44.9 Å². The van der Waals surface area contributed by atoms with Gasteiger partial charge in [0.25, 0.3) is 0 Å². The van der Waals surface area contributed by atoms with Gasteiger partial charge in [-0.1, -0.05) is 24.5 Å². The van der Waals surface area contributed by atoms with E-state index in [1.54, 1.807) is 4.90 Å². The van der Waals surface area contributed by atoms with E-state index in [1.165, 1.54) is 0 Å². The molecule has 0 aromatic rings. The van der Waals surface area contributed by atoms with E-state index in [-0.39, 0.29) is 11.8 Å². The van der Waals surface area contributed by atoms with E-state index in [1.807, 2.05) is 0 Å². The second kappa shape index (κ2) is 7.97. The zero-order valence-corrected chi connectivity index (χ0v) is 15.1. The smallest absolute Gasteiger partial charge is 0.225 e. The molecule has 1 atom stereocenters.